The summed E-state index contributed by atoms with van der Waals surface area (Å²) in [5.74, 6) is -1.58. The number of unbranched alkanes of at least 4 members (excludes halogenated alkanes) is 7. The van der Waals surface area contributed by atoms with Crippen molar-refractivity contribution in [1.29, 1.82) is 0 Å². The molecule has 0 saturated carbocycles. The van der Waals surface area contributed by atoms with Crippen LogP contribution < -0.4 is 22.9 Å². The van der Waals surface area contributed by atoms with Gasteiger partial charge in [0.25, 0.3) is 0 Å². The lowest BCUT2D eigenvalue weighted by Crippen LogP contribution is -2.23. The highest BCUT2D eigenvalue weighted by Crippen LogP contribution is 2.19. The molecular weight excluding hydrogens is 384 g/mol. The van der Waals surface area contributed by atoms with E-state index in [1.54, 1.807) is 0 Å². The number of hydrogen-bond acceptors (Lipinski definition) is 4. The molecule has 0 rings (SSSR count). The minimum atomic E-state index is -0.341. The van der Waals surface area contributed by atoms with Crippen LogP contribution >= 0.6 is 0 Å². The first-order chi connectivity index (χ1) is 14.2. The molecule has 8 nitrogen and oxygen atoms in total. The number of carbonyl (C=O) groups excluding carboxylic acids is 4. The van der Waals surface area contributed by atoms with Gasteiger partial charge in [0.15, 0.2) is 0 Å². The van der Waals surface area contributed by atoms with Crippen LogP contribution in [-0.4, -0.2) is 23.6 Å². The van der Waals surface area contributed by atoms with Crippen molar-refractivity contribution in [2.24, 2.45) is 34.8 Å². The molecule has 4 amide bonds. The Kier molecular flexibility index (Phi) is 16.5. The van der Waals surface area contributed by atoms with E-state index in [1.165, 1.54) is 0 Å². The summed E-state index contributed by atoms with van der Waals surface area (Å²) in [6.45, 7) is 0. The summed E-state index contributed by atoms with van der Waals surface area (Å²) in [5, 5.41) is 0. The highest BCUT2D eigenvalue weighted by molar-refractivity contribution is 5.77. The van der Waals surface area contributed by atoms with E-state index in [-0.39, 0.29) is 35.5 Å². The summed E-state index contributed by atoms with van der Waals surface area (Å²) in [7, 11) is 0. The van der Waals surface area contributed by atoms with Gasteiger partial charge >= 0.3 is 0 Å². The fourth-order valence-electron chi connectivity index (χ4n) is 3.75. The highest BCUT2D eigenvalue weighted by atomic mass is 16.2. The van der Waals surface area contributed by atoms with E-state index in [0.717, 1.165) is 64.2 Å². The average molecular weight is 427 g/mol. The molecule has 0 aliphatic heterocycles. The van der Waals surface area contributed by atoms with Crippen molar-refractivity contribution >= 4 is 23.6 Å². The third kappa shape index (κ3) is 16.8. The summed E-state index contributed by atoms with van der Waals surface area (Å²) in [6, 6.07) is 0. The summed E-state index contributed by atoms with van der Waals surface area (Å²) in [6.07, 6.45) is 13.3. The Balaban J connectivity index is 3.69. The minimum Gasteiger partial charge on any atom is -0.370 e. The third-order valence-electron chi connectivity index (χ3n) is 5.61. The first-order valence-corrected chi connectivity index (χ1v) is 11.4. The molecule has 0 aromatic rings. The van der Waals surface area contributed by atoms with Crippen molar-refractivity contribution in [3.8, 4) is 0 Å². The number of amides is 4. The van der Waals surface area contributed by atoms with Crippen molar-refractivity contribution in [3.63, 3.8) is 0 Å². The van der Waals surface area contributed by atoms with Gasteiger partial charge in [-0.2, -0.15) is 0 Å². The van der Waals surface area contributed by atoms with Crippen LogP contribution in [-0.2, 0) is 19.2 Å². The number of carbonyl (C=O) groups is 4. The first-order valence-electron chi connectivity index (χ1n) is 11.4. The van der Waals surface area contributed by atoms with Gasteiger partial charge in [0, 0.05) is 24.7 Å². The van der Waals surface area contributed by atoms with E-state index in [1.807, 2.05) is 0 Å². The maximum absolute atomic E-state index is 11.5. The first kappa shape index (κ1) is 27.9. The van der Waals surface area contributed by atoms with Gasteiger partial charge < -0.3 is 22.9 Å². The molecule has 0 aliphatic rings. The molecule has 0 spiro atoms. The SMILES string of the molecule is NC(=O)CCCC(CCCCCCCCCCC(CCCC(N)=O)C(N)=O)C(N)=O. The Bertz CT molecular complexity index is 479. The van der Waals surface area contributed by atoms with Gasteiger partial charge in [-0.05, 0) is 38.5 Å². The smallest absolute Gasteiger partial charge is 0.220 e. The average Bonchev–Trinajstić information content (AvgIpc) is 2.65. The van der Waals surface area contributed by atoms with Crippen LogP contribution in [0.3, 0.4) is 0 Å². The Labute approximate surface area is 180 Å². The monoisotopic (exact) mass is 426 g/mol. The molecule has 2 atom stereocenters. The predicted octanol–water partition coefficient (Wildman–Crippen LogP) is 2.40. The second-order valence-electron chi connectivity index (χ2n) is 8.32. The second kappa shape index (κ2) is 17.7. The molecule has 0 bridgehead atoms. The van der Waals surface area contributed by atoms with E-state index in [2.05, 4.69) is 0 Å². The molecule has 8 heteroatoms. The van der Waals surface area contributed by atoms with Crippen molar-refractivity contribution in [1.82, 2.24) is 0 Å². The van der Waals surface area contributed by atoms with Crippen LogP contribution in [0.2, 0.25) is 0 Å². The Morgan fingerprint density at radius 3 is 0.967 bits per heavy atom. The molecule has 0 heterocycles. The number of rotatable bonds is 21. The molecular formula is C22H42N4O4. The predicted molar refractivity (Wildman–Crippen MR) is 118 cm³/mol. The highest BCUT2D eigenvalue weighted by Gasteiger charge is 2.16. The van der Waals surface area contributed by atoms with Crippen molar-refractivity contribution in [2.75, 3.05) is 0 Å². The van der Waals surface area contributed by atoms with Crippen LogP contribution in [0.15, 0.2) is 0 Å². The van der Waals surface area contributed by atoms with E-state index < -0.39 is 0 Å². The Hall–Kier alpha value is -2.12. The lowest BCUT2D eigenvalue weighted by molar-refractivity contribution is -0.123. The van der Waals surface area contributed by atoms with Crippen LogP contribution in [0, 0.1) is 11.8 Å². The lowest BCUT2D eigenvalue weighted by atomic mass is 9.93. The van der Waals surface area contributed by atoms with Gasteiger partial charge in [-0.15, -0.1) is 0 Å². The number of primary amides is 4. The zero-order valence-corrected chi connectivity index (χ0v) is 18.4. The lowest BCUT2D eigenvalue weighted by Gasteiger charge is -2.13. The molecule has 0 fully saturated rings. The topological polar surface area (TPSA) is 172 Å². The fraction of sp³-hybridized carbons (Fsp3) is 0.818. The van der Waals surface area contributed by atoms with Crippen LogP contribution in [0.1, 0.15) is 103 Å². The largest absolute Gasteiger partial charge is 0.370 e. The molecule has 2 unspecified atom stereocenters. The van der Waals surface area contributed by atoms with Crippen LogP contribution in [0.5, 0.6) is 0 Å². The fourth-order valence-corrected chi connectivity index (χ4v) is 3.75. The van der Waals surface area contributed by atoms with Crippen LogP contribution in [0.4, 0.5) is 0 Å². The summed E-state index contributed by atoms with van der Waals surface area (Å²) < 4.78 is 0. The quantitative estimate of drug-likeness (QED) is 0.206. The molecule has 0 aromatic heterocycles. The van der Waals surface area contributed by atoms with E-state index in [0.29, 0.717) is 38.5 Å². The molecule has 0 aliphatic carbocycles. The normalized spacial score (nSPS) is 12.9. The van der Waals surface area contributed by atoms with Gasteiger partial charge in [-0.3, -0.25) is 19.2 Å². The maximum Gasteiger partial charge on any atom is 0.220 e. The zero-order chi connectivity index (χ0) is 22.8. The number of hydrogen-bond donors (Lipinski definition) is 4. The van der Waals surface area contributed by atoms with Gasteiger partial charge in [0.1, 0.15) is 0 Å². The van der Waals surface area contributed by atoms with Gasteiger partial charge in [-0.1, -0.05) is 51.4 Å². The molecule has 0 radical (unpaired) electrons. The van der Waals surface area contributed by atoms with Crippen molar-refractivity contribution in [3.05, 3.63) is 0 Å². The van der Waals surface area contributed by atoms with Crippen molar-refractivity contribution in [2.45, 2.75) is 103 Å². The Morgan fingerprint density at radius 2 is 0.700 bits per heavy atom. The molecule has 30 heavy (non-hydrogen) atoms. The minimum absolute atomic E-state index is 0.162. The van der Waals surface area contributed by atoms with Crippen molar-refractivity contribution < 1.29 is 19.2 Å². The van der Waals surface area contributed by atoms with E-state index >= 15 is 0 Å². The number of nitrogens with two attached hydrogens (primary N) is 4. The molecule has 0 saturated heterocycles. The standard InChI is InChI=1S/C22H42N4O4/c23-19(27)15-9-13-17(21(25)29)11-7-5-3-1-2-4-6-8-12-18(22(26)30)14-10-16-20(24)28/h17-18H,1-16H2,(H2,23,27)(H2,24,28)(H2,25,29)(H2,26,30). The maximum atomic E-state index is 11.5. The van der Waals surface area contributed by atoms with Crippen LogP contribution in [0.25, 0.3) is 0 Å². The molecule has 0 aromatic carbocycles. The summed E-state index contributed by atoms with van der Waals surface area (Å²) in [4.78, 5) is 44.5. The Morgan fingerprint density at radius 1 is 0.433 bits per heavy atom. The van der Waals surface area contributed by atoms with Gasteiger partial charge in [0.05, 0.1) is 0 Å². The van der Waals surface area contributed by atoms with Gasteiger partial charge in [0.2, 0.25) is 23.6 Å². The third-order valence-corrected chi connectivity index (χ3v) is 5.61. The molecule has 8 N–H and O–H groups in total. The molecule has 174 valence electrons. The summed E-state index contributed by atoms with van der Waals surface area (Å²) >= 11 is 0. The summed E-state index contributed by atoms with van der Waals surface area (Å²) in [5.41, 5.74) is 21.1. The van der Waals surface area contributed by atoms with Gasteiger partial charge in [-0.25, -0.2) is 0 Å². The zero-order valence-electron chi connectivity index (χ0n) is 18.4. The van der Waals surface area contributed by atoms with E-state index in [4.69, 9.17) is 22.9 Å². The second-order valence-corrected chi connectivity index (χ2v) is 8.32. The van der Waals surface area contributed by atoms with E-state index in [9.17, 15) is 19.2 Å².